The first-order chi connectivity index (χ1) is 17.0. The Morgan fingerprint density at radius 1 is 1.19 bits per heavy atom. The van der Waals surface area contributed by atoms with Crippen molar-refractivity contribution in [1.82, 2.24) is 19.9 Å². The van der Waals surface area contributed by atoms with E-state index in [2.05, 4.69) is 20.3 Å². The molecule has 0 radical (unpaired) electrons. The van der Waals surface area contributed by atoms with Gasteiger partial charge in [0.05, 0.1) is 29.7 Å². The van der Waals surface area contributed by atoms with Crippen LogP contribution >= 0.6 is 0 Å². The molecule has 1 aliphatic rings. The van der Waals surface area contributed by atoms with E-state index in [1.165, 1.54) is 26.2 Å². The summed E-state index contributed by atoms with van der Waals surface area (Å²) in [6, 6.07) is 4.85. The van der Waals surface area contributed by atoms with Crippen LogP contribution in [0.5, 0.6) is 5.88 Å². The number of likely N-dealkylation sites (tertiary alicyclic amines) is 1. The van der Waals surface area contributed by atoms with Gasteiger partial charge in [-0.25, -0.2) is 23.1 Å². The van der Waals surface area contributed by atoms with Gasteiger partial charge >= 0.3 is 0 Å². The van der Waals surface area contributed by atoms with E-state index in [1.807, 2.05) is 0 Å². The van der Waals surface area contributed by atoms with Crippen molar-refractivity contribution in [2.45, 2.75) is 51.7 Å². The fraction of sp³-hybridized carbons (Fsp3) is 0.440. The van der Waals surface area contributed by atoms with Crippen molar-refractivity contribution in [3.05, 3.63) is 52.6 Å². The Morgan fingerprint density at radius 3 is 2.47 bits per heavy atom. The minimum Gasteiger partial charge on any atom is -0.481 e. The first kappa shape index (κ1) is 25.6. The predicted octanol–water partition coefficient (Wildman–Crippen LogP) is 4.42. The minimum absolute atomic E-state index is 0.0619. The fourth-order valence-electron chi connectivity index (χ4n) is 4.56. The van der Waals surface area contributed by atoms with Gasteiger partial charge < -0.3 is 20.1 Å². The van der Waals surface area contributed by atoms with E-state index in [0.29, 0.717) is 41.3 Å². The number of ether oxygens (including phenoxy) is 1. The van der Waals surface area contributed by atoms with Gasteiger partial charge in [0.15, 0.2) is 5.65 Å². The lowest BCUT2D eigenvalue weighted by Crippen LogP contribution is -2.44. The van der Waals surface area contributed by atoms with E-state index in [9.17, 15) is 23.1 Å². The number of carbonyl (C=O) groups excluding carboxylic acids is 1. The third-order valence-corrected chi connectivity index (χ3v) is 6.61. The summed E-state index contributed by atoms with van der Waals surface area (Å²) in [6.45, 7) is 5.54. The molecule has 0 bridgehead atoms. The van der Waals surface area contributed by atoms with Gasteiger partial charge in [-0.3, -0.25) is 4.79 Å². The quantitative estimate of drug-likeness (QED) is 0.514. The van der Waals surface area contributed by atoms with Crippen LogP contribution in [0, 0.1) is 12.7 Å². The monoisotopic (exact) mass is 503 g/mol. The highest BCUT2D eigenvalue weighted by Crippen LogP contribution is 2.40. The summed E-state index contributed by atoms with van der Waals surface area (Å²) >= 11 is 0. The Kier molecular flexibility index (Phi) is 7.03. The molecular formula is C25H28F3N5O3. The first-order valence-corrected chi connectivity index (χ1v) is 11.6. The second-order valence-corrected chi connectivity index (χ2v) is 8.99. The number of alkyl halides is 2. The number of pyridine rings is 1. The third kappa shape index (κ3) is 4.79. The summed E-state index contributed by atoms with van der Waals surface area (Å²) in [5.41, 5.74) is -1.19. The Morgan fingerprint density at radius 2 is 1.86 bits per heavy atom. The predicted molar refractivity (Wildman–Crippen MR) is 127 cm³/mol. The van der Waals surface area contributed by atoms with Gasteiger partial charge in [0.25, 0.3) is 6.43 Å². The Bertz CT molecular complexity index is 1300. The number of rotatable bonds is 6. The Balaban J connectivity index is 1.76. The molecule has 0 saturated carbocycles. The van der Waals surface area contributed by atoms with Crippen LogP contribution in [0.2, 0.25) is 0 Å². The van der Waals surface area contributed by atoms with E-state index in [1.54, 1.807) is 24.8 Å². The molecule has 8 nitrogen and oxygen atoms in total. The molecule has 1 aromatic carbocycles. The summed E-state index contributed by atoms with van der Waals surface area (Å²) < 4.78 is 46.7. The molecule has 192 valence electrons. The van der Waals surface area contributed by atoms with Gasteiger partial charge in [0.2, 0.25) is 11.8 Å². The van der Waals surface area contributed by atoms with Gasteiger partial charge in [0.1, 0.15) is 17.5 Å². The van der Waals surface area contributed by atoms with Crippen molar-refractivity contribution in [3.8, 4) is 5.88 Å². The van der Waals surface area contributed by atoms with Crippen molar-refractivity contribution in [2.24, 2.45) is 0 Å². The zero-order valence-electron chi connectivity index (χ0n) is 20.5. The van der Waals surface area contributed by atoms with Crippen LogP contribution < -0.4 is 10.1 Å². The highest BCUT2D eigenvalue weighted by Gasteiger charge is 2.38. The number of aromatic nitrogens is 3. The van der Waals surface area contributed by atoms with Gasteiger partial charge in [-0.05, 0) is 32.8 Å². The second-order valence-electron chi connectivity index (χ2n) is 8.99. The average Bonchev–Trinajstić information content (AvgIpc) is 2.83. The molecule has 0 unspecified atom stereocenters. The number of amides is 1. The number of halogens is 3. The lowest BCUT2D eigenvalue weighted by molar-refractivity contribution is -0.133. The summed E-state index contributed by atoms with van der Waals surface area (Å²) in [5, 5.41) is 15.1. The fourth-order valence-corrected chi connectivity index (χ4v) is 4.56. The molecule has 1 atom stereocenters. The molecule has 2 aromatic heterocycles. The van der Waals surface area contributed by atoms with Gasteiger partial charge in [-0.1, -0.05) is 18.2 Å². The van der Waals surface area contributed by atoms with Crippen molar-refractivity contribution in [2.75, 3.05) is 25.5 Å². The number of aliphatic hydroxyl groups is 1. The van der Waals surface area contributed by atoms with Crippen LogP contribution in [0.3, 0.4) is 0 Å². The topological polar surface area (TPSA) is 100 Å². The molecule has 3 heterocycles. The van der Waals surface area contributed by atoms with Crippen LogP contribution in [0.25, 0.3) is 11.0 Å². The minimum atomic E-state index is -2.94. The Hall–Kier alpha value is -3.47. The molecule has 0 aliphatic carbocycles. The third-order valence-electron chi connectivity index (χ3n) is 6.61. The number of fused-ring (bicyclic) bond motifs is 1. The number of nitrogens with zero attached hydrogens (tertiary/aromatic N) is 4. The van der Waals surface area contributed by atoms with Crippen molar-refractivity contribution < 1.29 is 27.8 Å². The smallest absolute Gasteiger partial charge is 0.266 e. The second kappa shape index (κ2) is 9.88. The molecule has 11 heteroatoms. The zero-order valence-corrected chi connectivity index (χ0v) is 20.5. The van der Waals surface area contributed by atoms with Gasteiger partial charge in [0, 0.05) is 31.1 Å². The highest BCUT2D eigenvalue weighted by atomic mass is 19.3. The number of anilines is 1. The SMILES string of the molecule is COc1nc2nc(C)nc(N[C@H](C)c3cccc(C(F)F)c3F)c2cc1C1(O)CCN(C(C)=O)CC1. The molecule has 1 amide bonds. The standard InChI is InChI=1S/C25H28F3N5O3/c1-13(16-6-5-7-17(20(16)26)21(27)28)29-22-18-12-19(24(36-4)32-23(18)31-14(2)30-22)25(35)8-10-33(11-9-25)15(3)34/h5-7,12-13,21,35H,8-11H2,1-4H3,(H,29,30,31,32)/t13-/m1/s1. The molecule has 1 saturated heterocycles. The summed E-state index contributed by atoms with van der Waals surface area (Å²) in [5.74, 6) is -0.139. The lowest BCUT2D eigenvalue weighted by atomic mass is 9.84. The van der Waals surface area contributed by atoms with Crippen LogP contribution in [0.15, 0.2) is 24.3 Å². The van der Waals surface area contributed by atoms with Crippen molar-refractivity contribution in [1.29, 1.82) is 0 Å². The van der Waals surface area contributed by atoms with Crippen LogP contribution in [0.1, 0.15) is 61.7 Å². The maximum atomic E-state index is 14.8. The zero-order chi connectivity index (χ0) is 26.2. The normalized spacial score (nSPS) is 16.3. The van der Waals surface area contributed by atoms with Crippen LogP contribution in [-0.4, -0.2) is 51.1 Å². The number of nitrogens with one attached hydrogen (secondary N) is 1. The number of methoxy groups -OCH3 is 1. The van der Waals surface area contributed by atoms with E-state index in [0.717, 1.165) is 6.07 Å². The molecule has 3 aromatic rings. The number of piperidine rings is 1. The molecule has 36 heavy (non-hydrogen) atoms. The molecule has 1 aliphatic heterocycles. The van der Waals surface area contributed by atoms with E-state index in [4.69, 9.17) is 4.74 Å². The summed E-state index contributed by atoms with van der Waals surface area (Å²) in [4.78, 5) is 26.7. The van der Waals surface area contributed by atoms with E-state index >= 15 is 0 Å². The molecular weight excluding hydrogens is 475 g/mol. The molecule has 0 spiro atoms. The van der Waals surface area contributed by atoms with E-state index < -0.39 is 29.4 Å². The number of benzene rings is 1. The Labute approximate surface area is 206 Å². The van der Waals surface area contributed by atoms with Crippen molar-refractivity contribution in [3.63, 3.8) is 0 Å². The van der Waals surface area contributed by atoms with Gasteiger partial charge in [-0.2, -0.15) is 4.98 Å². The average molecular weight is 504 g/mol. The number of hydrogen-bond donors (Lipinski definition) is 2. The molecule has 2 N–H and O–H groups in total. The molecule has 1 fully saturated rings. The lowest BCUT2D eigenvalue weighted by Gasteiger charge is -2.38. The first-order valence-electron chi connectivity index (χ1n) is 11.6. The molecule has 4 rings (SSSR count). The van der Waals surface area contributed by atoms with Crippen LogP contribution in [0.4, 0.5) is 19.0 Å². The largest absolute Gasteiger partial charge is 0.481 e. The summed E-state index contributed by atoms with van der Waals surface area (Å²) in [6.07, 6.45) is -2.37. The van der Waals surface area contributed by atoms with Gasteiger partial charge in [-0.15, -0.1) is 0 Å². The number of carbonyl (C=O) groups is 1. The van der Waals surface area contributed by atoms with E-state index in [-0.39, 0.29) is 30.2 Å². The number of aryl methyl sites for hydroxylation is 1. The van der Waals surface area contributed by atoms with Crippen LogP contribution in [-0.2, 0) is 10.4 Å². The maximum absolute atomic E-state index is 14.8. The maximum Gasteiger partial charge on any atom is 0.266 e. The van der Waals surface area contributed by atoms with Crippen molar-refractivity contribution >= 4 is 22.8 Å². The summed E-state index contributed by atoms with van der Waals surface area (Å²) in [7, 11) is 1.44. The number of hydrogen-bond acceptors (Lipinski definition) is 7. The highest BCUT2D eigenvalue weighted by molar-refractivity contribution is 5.88.